The predicted octanol–water partition coefficient (Wildman–Crippen LogP) is 5.18. The van der Waals surface area contributed by atoms with E-state index in [1.165, 1.54) is 12.1 Å². The molecule has 2 atom stereocenters. The molecule has 0 bridgehead atoms. The van der Waals surface area contributed by atoms with Crippen LogP contribution in [0.15, 0.2) is 29.2 Å². The lowest BCUT2D eigenvalue weighted by Crippen LogP contribution is -2.36. The minimum atomic E-state index is -3.76. The van der Waals surface area contributed by atoms with Crippen LogP contribution in [0.4, 0.5) is 16.0 Å². The first-order chi connectivity index (χ1) is 19.9. The Morgan fingerprint density at radius 3 is 2.40 bits per heavy atom. The molecule has 2 aliphatic rings. The van der Waals surface area contributed by atoms with Crippen LogP contribution < -0.4 is 15.6 Å². The Balaban J connectivity index is 1.42. The molecule has 0 aliphatic heterocycles. The zero-order valence-electron chi connectivity index (χ0n) is 25.1. The number of nitrogens with one attached hydrogen (secondary N) is 2. The van der Waals surface area contributed by atoms with Crippen molar-refractivity contribution < 1.29 is 12.8 Å². The van der Waals surface area contributed by atoms with Gasteiger partial charge in [0, 0.05) is 23.7 Å². The Morgan fingerprint density at radius 1 is 1.05 bits per heavy atom. The molecule has 2 N–H and O–H groups in total. The van der Waals surface area contributed by atoms with Crippen molar-refractivity contribution in [2.45, 2.75) is 95.5 Å². The first-order valence-electron chi connectivity index (χ1n) is 15.0. The summed E-state index contributed by atoms with van der Waals surface area (Å²) < 4.78 is 45.3. The summed E-state index contributed by atoms with van der Waals surface area (Å²) in [5, 5.41) is 2.88. The smallest absolute Gasteiger partial charge is 0.278 e. The van der Waals surface area contributed by atoms with Crippen molar-refractivity contribution in [3.05, 3.63) is 40.6 Å². The van der Waals surface area contributed by atoms with E-state index >= 15 is 4.39 Å². The maximum absolute atomic E-state index is 15.3. The van der Waals surface area contributed by atoms with Gasteiger partial charge < -0.3 is 10.2 Å². The van der Waals surface area contributed by atoms with Crippen LogP contribution in [0.3, 0.4) is 0 Å². The highest BCUT2D eigenvalue weighted by Crippen LogP contribution is 2.32. The fourth-order valence-electron chi connectivity index (χ4n) is 6.37. The molecule has 0 saturated heterocycles. The van der Waals surface area contributed by atoms with Crippen molar-refractivity contribution in [1.82, 2.24) is 24.4 Å². The summed E-state index contributed by atoms with van der Waals surface area (Å²) in [5.41, 5.74) is 0.582. The SMILES string of the molecule is CC1CCCCC1S(=O)(=O)Nc1ccc(-c2nc3cnc(N[C@H]4CC[C@H](N(C)C)CC4)nc3n(C(C)C)c2=O)cc1F. The zero-order valence-corrected chi connectivity index (χ0v) is 25.9. The van der Waals surface area contributed by atoms with E-state index in [1.807, 2.05) is 20.8 Å². The molecule has 2 saturated carbocycles. The van der Waals surface area contributed by atoms with Gasteiger partial charge in [-0.15, -0.1) is 0 Å². The number of hydrogen-bond acceptors (Lipinski definition) is 8. The second-order valence-corrected chi connectivity index (χ2v) is 14.3. The summed E-state index contributed by atoms with van der Waals surface area (Å²) in [6, 6.07) is 4.62. The van der Waals surface area contributed by atoms with Gasteiger partial charge in [-0.1, -0.05) is 25.8 Å². The van der Waals surface area contributed by atoms with Gasteiger partial charge in [0.2, 0.25) is 16.0 Å². The molecule has 3 aromatic rings. The normalized spacial score (nSPS) is 23.4. The summed E-state index contributed by atoms with van der Waals surface area (Å²) in [7, 11) is 0.464. The van der Waals surface area contributed by atoms with Gasteiger partial charge >= 0.3 is 0 Å². The van der Waals surface area contributed by atoms with Gasteiger partial charge in [0.25, 0.3) is 5.56 Å². The van der Waals surface area contributed by atoms with E-state index in [-0.39, 0.29) is 34.9 Å². The van der Waals surface area contributed by atoms with E-state index in [2.05, 4.69) is 44.0 Å². The minimum Gasteiger partial charge on any atom is -0.351 e. The lowest BCUT2D eigenvalue weighted by atomic mass is 9.90. The topological polar surface area (TPSA) is 122 Å². The van der Waals surface area contributed by atoms with Crippen LogP contribution >= 0.6 is 0 Å². The molecule has 2 aromatic heterocycles. The predicted molar refractivity (Wildman–Crippen MR) is 165 cm³/mol. The molecule has 228 valence electrons. The standard InChI is InChI=1S/C30H42FN7O3S/c1-18(2)38-28-25(17-32-30(35-28)33-21-11-13-22(14-12-21)37(4)5)34-27(29(38)39)20-10-15-24(23(31)16-20)36-42(40,41)26-9-7-6-8-19(26)3/h10,15-19,21-22,26,36H,6-9,11-14H2,1-5H3,(H,32,33,35)/t19?,21-,22-,26?. The number of rotatable bonds is 8. The third-order valence-corrected chi connectivity index (χ3v) is 10.8. The van der Waals surface area contributed by atoms with Crippen LogP contribution in [-0.4, -0.2) is 64.3 Å². The summed E-state index contributed by atoms with van der Waals surface area (Å²) in [5.74, 6) is -0.309. The molecule has 12 heteroatoms. The van der Waals surface area contributed by atoms with Gasteiger partial charge in [0.15, 0.2) is 5.65 Å². The molecule has 2 unspecified atom stereocenters. The largest absolute Gasteiger partial charge is 0.351 e. The summed E-state index contributed by atoms with van der Waals surface area (Å²) >= 11 is 0. The van der Waals surface area contributed by atoms with Gasteiger partial charge in [-0.05, 0) is 84.5 Å². The third kappa shape index (κ3) is 6.29. The van der Waals surface area contributed by atoms with Crippen LogP contribution in [-0.2, 0) is 10.0 Å². The molecule has 2 fully saturated rings. The van der Waals surface area contributed by atoms with Crippen molar-refractivity contribution in [3.8, 4) is 11.3 Å². The maximum Gasteiger partial charge on any atom is 0.278 e. The Morgan fingerprint density at radius 2 is 1.76 bits per heavy atom. The second kappa shape index (κ2) is 12.2. The second-order valence-electron chi connectivity index (χ2n) is 12.4. The Kier molecular flexibility index (Phi) is 8.84. The molecule has 2 heterocycles. The summed E-state index contributed by atoms with van der Waals surface area (Å²) in [6.07, 6.45) is 9.03. The van der Waals surface area contributed by atoms with Crippen LogP contribution in [0, 0.1) is 11.7 Å². The number of aromatic nitrogens is 4. The molecule has 2 aliphatic carbocycles. The highest BCUT2D eigenvalue weighted by atomic mass is 32.2. The number of halogens is 1. The highest BCUT2D eigenvalue weighted by Gasteiger charge is 2.33. The van der Waals surface area contributed by atoms with Crippen LogP contribution in [0.1, 0.15) is 78.2 Å². The van der Waals surface area contributed by atoms with Crippen molar-refractivity contribution >= 4 is 32.8 Å². The van der Waals surface area contributed by atoms with Gasteiger partial charge in [0.1, 0.15) is 17.0 Å². The van der Waals surface area contributed by atoms with Crippen LogP contribution in [0.2, 0.25) is 0 Å². The van der Waals surface area contributed by atoms with Gasteiger partial charge in [-0.3, -0.25) is 14.1 Å². The first kappa shape index (κ1) is 30.3. The molecular formula is C30H42FN7O3S. The Hall–Kier alpha value is -3.12. The highest BCUT2D eigenvalue weighted by molar-refractivity contribution is 7.93. The number of anilines is 2. The van der Waals surface area contributed by atoms with Crippen molar-refractivity contribution in [2.75, 3.05) is 24.1 Å². The van der Waals surface area contributed by atoms with Crippen LogP contribution in [0.5, 0.6) is 0 Å². The molecule has 5 rings (SSSR count). The summed E-state index contributed by atoms with van der Waals surface area (Å²) in [6.45, 7) is 5.69. The first-order valence-corrected chi connectivity index (χ1v) is 16.5. The number of hydrogen-bond donors (Lipinski definition) is 2. The quantitative estimate of drug-likeness (QED) is 0.363. The fraction of sp³-hybridized carbons (Fsp3) is 0.600. The lowest BCUT2D eigenvalue weighted by Gasteiger charge is -2.32. The molecule has 0 radical (unpaired) electrons. The van der Waals surface area contributed by atoms with E-state index in [0.29, 0.717) is 29.6 Å². The minimum absolute atomic E-state index is 0.00548. The molecule has 1 aromatic carbocycles. The van der Waals surface area contributed by atoms with Crippen LogP contribution in [0.25, 0.3) is 22.4 Å². The number of fused-ring (bicyclic) bond motifs is 1. The number of benzene rings is 1. The fourth-order valence-corrected chi connectivity index (χ4v) is 8.22. The van der Waals surface area contributed by atoms with Crippen molar-refractivity contribution in [2.24, 2.45) is 5.92 Å². The van der Waals surface area contributed by atoms with E-state index < -0.39 is 26.6 Å². The van der Waals surface area contributed by atoms with Gasteiger partial charge in [0.05, 0.1) is 17.1 Å². The Bertz CT molecular complexity index is 1600. The Labute approximate surface area is 247 Å². The molecule has 10 nitrogen and oxygen atoms in total. The number of sulfonamides is 1. The summed E-state index contributed by atoms with van der Waals surface area (Å²) in [4.78, 5) is 29.6. The van der Waals surface area contributed by atoms with Crippen molar-refractivity contribution in [3.63, 3.8) is 0 Å². The lowest BCUT2D eigenvalue weighted by molar-refractivity contribution is 0.221. The van der Waals surface area contributed by atoms with Gasteiger partial charge in [-0.25, -0.2) is 22.8 Å². The molecule has 0 spiro atoms. The van der Waals surface area contributed by atoms with E-state index in [4.69, 9.17) is 0 Å². The molecule has 0 amide bonds. The molecule has 42 heavy (non-hydrogen) atoms. The monoisotopic (exact) mass is 599 g/mol. The van der Waals surface area contributed by atoms with Gasteiger partial charge in [-0.2, -0.15) is 4.98 Å². The van der Waals surface area contributed by atoms with E-state index in [9.17, 15) is 13.2 Å². The molecular weight excluding hydrogens is 557 g/mol. The average molecular weight is 600 g/mol. The maximum atomic E-state index is 15.3. The number of nitrogens with zero attached hydrogens (tertiary/aromatic N) is 5. The third-order valence-electron chi connectivity index (χ3n) is 8.83. The van der Waals surface area contributed by atoms with E-state index in [1.54, 1.807) is 10.8 Å². The zero-order chi connectivity index (χ0) is 30.2. The van der Waals surface area contributed by atoms with Crippen molar-refractivity contribution in [1.29, 1.82) is 0 Å². The van der Waals surface area contributed by atoms with E-state index in [0.717, 1.165) is 51.0 Å². The average Bonchev–Trinajstić information content (AvgIpc) is 2.94.